The molecule has 7 heteroatoms. The predicted octanol–water partition coefficient (Wildman–Crippen LogP) is 0.993. The molecule has 0 aliphatic carbocycles. The van der Waals surface area contributed by atoms with Gasteiger partial charge in [-0.25, -0.2) is 9.67 Å². The minimum Gasteiger partial charge on any atom is -0.355 e. The fourth-order valence-corrected chi connectivity index (χ4v) is 2.07. The maximum absolute atomic E-state index is 4.32. The number of nitrogens with one attached hydrogen (secondary N) is 2. The van der Waals surface area contributed by atoms with Gasteiger partial charge in [-0.3, -0.25) is 4.99 Å². The molecule has 0 saturated carbocycles. The minimum absolute atomic E-state index is 0. The maximum Gasteiger partial charge on any atom is 0.191 e. The molecule has 0 radical (unpaired) electrons. The highest BCUT2D eigenvalue weighted by Gasteiger charge is 2.06. The highest BCUT2D eigenvalue weighted by molar-refractivity contribution is 14.0. The molecule has 2 N–H and O–H groups in total. The highest BCUT2D eigenvalue weighted by Crippen LogP contribution is 2.10. The Hall–Kier alpha value is -1.64. The van der Waals surface area contributed by atoms with Crippen LogP contribution in [0.4, 0.5) is 0 Å². The molecule has 1 aliphatic rings. The van der Waals surface area contributed by atoms with Gasteiger partial charge in [-0.1, -0.05) is 24.3 Å². The Balaban J connectivity index is 0.00000147. The first kappa shape index (κ1) is 14.8. The summed E-state index contributed by atoms with van der Waals surface area (Å²) in [6, 6.07) is 8.32. The van der Waals surface area contributed by atoms with Gasteiger partial charge >= 0.3 is 0 Å². The van der Waals surface area contributed by atoms with Crippen LogP contribution in [0.25, 0.3) is 0 Å². The summed E-state index contributed by atoms with van der Waals surface area (Å²) in [4.78, 5) is 8.29. The van der Waals surface area contributed by atoms with E-state index >= 15 is 0 Å². The van der Waals surface area contributed by atoms with E-state index in [2.05, 4.69) is 37.8 Å². The molecule has 0 bridgehead atoms. The van der Waals surface area contributed by atoms with Gasteiger partial charge in [-0.05, 0) is 11.1 Å². The fourth-order valence-electron chi connectivity index (χ4n) is 2.07. The van der Waals surface area contributed by atoms with Gasteiger partial charge < -0.3 is 10.6 Å². The van der Waals surface area contributed by atoms with Crippen LogP contribution in [0.1, 0.15) is 11.1 Å². The summed E-state index contributed by atoms with van der Waals surface area (Å²) in [5.41, 5.74) is 2.48. The monoisotopic (exact) mass is 384 g/mol. The third-order valence-corrected chi connectivity index (χ3v) is 3.04. The number of hydrogen-bond donors (Lipinski definition) is 2. The van der Waals surface area contributed by atoms with E-state index in [9.17, 15) is 0 Å². The second-order valence-electron chi connectivity index (χ2n) is 4.37. The molecule has 0 saturated heterocycles. The number of nitrogens with zero attached hydrogens (tertiary/aromatic N) is 4. The molecule has 2 heterocycles. The molecule has 106 valence electrons. The first-order valence-electron chi connectivity index (χ1n) is 6.33. The summed E-state index contributed by atoms with van der Waals surface area (Å²) in [5.74, 6) is 0.885. The lowest BCUT2D eigenvalue weighted by molar-refractivity contribution is 0.676. The summed E-state index contributed by atoms with van der Waals surface area (Å²) in [7, 11) is 0. The number of guanidine groups is 1. The quantitative estimate of drug-likeness (QED) is 0.772. The molecule has 0 amide bonds. The van der Waals surface area contributed by atoms with Crippen LogP contribution in [0, 0.1) is 0 Å². The lowest BCUT2D eigenvalue weighted by Gasteiger charge is -2.11. The largest absolute Gasteiger partial charge is 0.355 e. The first-order chi connectivity index (χ1) is 9.42. The molecule has 0 unspecified atom stereocenters. The molecule has 0 fully saturated rings. The van der Waals surface area contributed by atoms with Crippen LogP contribution in [-0.2, 0) is 13.1 Å². The van der Waals surface area contributed by atoms with Crippen LogP contribution in [0.15, 0.2) is 41.9 Å². The van der Waals surface area contributed by atoms with Crippen molar-refractivity contribution in [3.8, 4) is 0 Å². The molecule has 1 aliphatic heterocycles. The Labute approximate surface area is 134 Å². The predicted molar refractivity (Wildman–Crippen MR) is 88.1 cm³/mol. The van der Waals surface area contributed by atoms with Crippen LogP contribution in [0.3, 0.4) is 0 Å². The van der Waals surface area contributed by atoms with Gasteiger partial charge in [0.15, 0.2) is 5.96 Å². The number of benzene rings is 1. The topological polar surface area (TPSA) is 67.1 Å². The van der Waals surface area contributed by atoms with E-state index in [0.29, 0.717) is 0 Å². The Morgan fingerprint density at radius 2 is 2.10 bits per heavy atom. The van der Waals surface area contributed by atoms with Gasteiger partial charge in [0.05, 0.1) is 13.1 Å². The number of aliphatic imine (C=N–C) groups is 1. The van der Waals surface area contributed by atoms with E-state index in [-0.39, 0.29) is 24.0 Å². The van der Waals surface area contributed by atoms with Crippen molar-refractivity contribution in [3.63, 3.8) is 0 Å². The number of halogens is 1. The van der Waals surface area contributed by atoms with Gasteiger partial charge in [0, 0.05) is 13.1 Å². The summed E-state index contributed by atoms with van der Waals surface area (Å²) < 4.78 is 1.82. The zero-order chi connectivity index (χ0) is 12.9. The Bertz CT molecular complexity index is 566. The third-order valence-electron chi connectivity index (χ3n) is 3.04. The SMILES string of the molecule is I.c1ccc(Cn2cncn2)c(CNC2=NCCN2)c1. The second-order valence-corrected chi connectivity index (χ2v) is 4.37. The molecule has 2 aromatic rings. The average molecular weight is 384 g/mol. The summed E-state index contributed by atoms with van der Waals surface area (Å²) >= 11 is 0. The van der Waals surface area contributed by atoms with Crippen molar-refractivity contribution in [2.45, 2.75) is 13.1 Å². The lowest BCUT2D eigenvalue weighted by atomic mass is 10.1. The van der Waals surface area contributed by atoms with E-state index in [4.69, 9.17) is 0 Å². The lowest BCUT2D eigenvalue weighted by Crippen LogP contribution is -2.33. The van der Waals surface area contributed by atoms with E-state index < -0.39 is 0 Å². The normalized spacial score (nSPS) is 13.3. The molecule has 3 rings (SSSR count). The summed E-state index contributed by atoms with van der Waals surface area (Å²) in [5, 5.41) is 10.7. The van der Waals surface area contributed by atoms with Crippen molar-refractivity contribution in [2.75, 3.05) is 13.1 Å². The molecule has 6 nitrogen and oxygen atoms in total. The van der Waals surface area contributed by atoms with Crippen LogP contribution >= 0.6 is 24.0 Å². The zero-order valence-electron chi connectivity index (χ0n) is 11.0. The van der Waals surface area contributed by atoms with Crippen molar-refractivity contribution in [2.24, 2.45) is 4.99 Å². The maximum atomic E-state index is 4.32. The smallest absolute Gasteiger partial charge is 0.191 e. The highest BCUT2D eigenvalue weighted by atomic mass is 127. The molecular weight excluding hydrogens is 367 g/mol. The standard InChI is InChI=1S/C13H16N6.HI/c1-2-4-12(8-19-10-14-9-18-19)11(3-1)7-17-13-15-5-6-16-13;/h1-4,9-10H,5-8H2,(H2,15,16,17);1H. The Kier molecular flexibility index (Phi) is 5.33. The molecule has 1 aromatic heterocycles. The average Bonchev–Trinajstić information content (AvgIpc) is 3.10. The van der Waals surface area contributed by atoms with Crippen molar-refractivity contribution < 1.29 is 0 Å². The van der Waals surface area contributed by atoms with E-state index in [1.165, 1.54) is 11.1 Å². The first-order valence-corrected chi connectivity index (χ1v) is 6.33. The number of aromatic nitrogens is 3. The van der Waals surface area contributed by atoms with Crippen molar-refractivity contribution in [1.82, 2.24) is 25.4 Å². The Morgan fingerprint density at radius 3 is 2.80 bits per heavy atom. The molecule has 0 atom stereocenters. The second kappa shape index (κ2) is 7.22. The third kappa shape index (κ3) is 3.69. The van der Waals surface area contributed by atoms with Crippen molar-refractivity contribution >= 4 is 29.9 Å². The van der Waals surface area contributed by atoms with Crippen molar-refractivity contribution in [1.29, 1.82) is 0 Å². The molecule has 1 aromatic carbocycles. The number of rotatable bonds is 4. The van der Waals surface area contributed by atoms with Gasteiger partial charge in [0.25, 0.3) is 0 Å². The van der Waals surface area contributed by atoms with Crippen LogP contribution < -0.4 is 10.6 Å². The van der Waals surface area contributed by atoms with Gasteiger partial charge in [0.2, 0.25) is 0 Å². The van der Waals surface area contributed by atoms with E-state index in [0.717, 1.165) is 32.1 Å². The summed E-state index contributed by atoms with van der Waals surface area (Å²) in [6.45, 7) is 3.26. The van der Waals surface area contributed by atoms with Gasteiger partial charge in [-0.15, -0.1) is 24.0 Å². The molecule has 20 heavy (non-hydrogen) atoms. The van der Waals surface area contributed by atoms with Crippen LogP contribution in [0.2, 0.25) is 0 Å². The minimum atomic E-state index is 0. The van der Waals surface area contributed by atoms with Crippen molar-refractivity contribution in [3.05, 3.63) is 48.0 Å². The Morgan fingerprint density at radius 1 is 1.25 bits per heavy atom. The van der Waals surface area contributed by atoms with Crippen LogP contribution in [-0.4, -0.2) is 33.8 Å². The fraction of sp³-hybridized carbons (Fsp3) is 0.308. The summed E-state index contributed by atoms with van der Waals surface area (Å²) in [6.07, 6.45) is 3.28. The zero-order valence-corrected chi connectivity index (χ0v) is 13.3. The van der Waals surface area contributed by atoms with E-state index in [1.54, 1.807) is 12.7 Å². The van der Waals surface area contributed by atoms with Gasteiger partial charge in [-0.2, -0.15) is 5.10 Å². The molecule has 0 spiro atoms. The molecular formula is C13H17IN6. The van der Waals surface area contributed by atoms with Crippen LogP contribution in [0.5, 0.6) is 0 Å². The van der Waals surface area contributed by atoms with Gasteiger partial charge in [0.1, 0.15) is 12.7 Å². The van der Waals surface area contributed by atoms with E-state index in [1.807, 2.05) is 16.8 Å². The number of hydrogen-bond acceptors (Lipinski definition) is 5.